The molecule has 12 atom stereocenters. The number of carboxylic acid groups (broad SMARTS) is 1. The molecule has 1 heterocycles. The van der Waals surface area contributed by atoms with Gasteiger partial charge >= 0.3 is 11.7 Å². The third-order valence-electron chi connectivity index (χ3n) is 16.1. The second kappa shape index (κ2) is 42.0. The van der Waals surface area contributed by atoms with Gasteiger partial charge in [-0.15, -0.1) is 0 Å². The van der Waals surface area contributed by atoms with Crippen LogP contribution in [0.1, 0.15) is 118 Å². The zero-order chi connectivity index (χ0) is 71.0. The number of halogens is 2. The highest BCUT2D eigenvalue weighted by Crippen LogP contribution is 2.24. The lowest BCUT2D eigenvalue weighted by molar-refractivity contribution is -0.137. The predicted octanol–water partition coefficient (Wildman–Crippen LogP) is -2.55. The van der Waals surface area contributed by atoms with E-state index in [0.717, 1.165) is 21.3 Å². The first kappa shape index (κ1) is 80.6. The summed E-state index contributed by atoms with van der Waals surface area (Å²) in [6.07, 6.45) is -12.8. The van der Waals surface area contributed by atoms with Gasteiger partial charge in [0.05, 0.1) is 50.1 Å². The fraction of sp³-hybridized carbons (Fsp3) is 0.554. The Hall–Kier alpha value is -7.79. The van der Waals surface area contributed by atoms with E-state index in [1.807, 2.05) is 0 Å². The Morgan fingerprint density at radius 2 is 1.16 bits per heavy atom. The van der Waals surface area contributed by atoms with Gasteiger partial charge in [0.2, 0.25) is 29.5 Å². The largest absolute Gasteiger partial charge is 0.481 e. The average molecular weight is 1360 g/mol. The van der Waals surface area contributed by atoms with Gasteiger partial charge in [-0.3, -0.25) is 42.7 Å². The van der Waals surface area contributed by atoms with Crippen LogP contribution in [0.5, 0.6) is 0 Å². The van der Waals surface area contributed by atoms with Gasteiger partial charge in [0.25, 0.3) is 5.56 Å². The van der Waals surface area contributed by atoms with E-state index in [1.54, 1.807) is 54.6 Å². The molecule has 532 valence electrons. The van der Waals surface area contributed by atoms with Crippen molar-refractivity contribution in [1.82, 2.24) is 41.0 Å². The zero-order valence-electron chi connectivity index (χ0n) is 53.5. The highest BCUT2D eigenvalue weighted by molar-refractivity contribution is 5.93. The van der Waals surface area contributed by atoms with Crippen molar-refractivity contribution in [3.8, 4) is 11.1 Å². The van der Waals surface area contributed by atoms with Crippen molar-refractivity contribution in [2.45, 2.75) is 189 Å². The van der Waals surface area contributed by atoms with Crippen LogP contribution in [0.25, 0.3) is 11.1 Å². The Bertz CT molecular complexity index is 3230. The van der Waals surface area contributed by atoms with E-state index in [2.05, 4.69) is 31.9 Å². The van der Waals surface area contributed by atoms with Gasteiger partial charge in [0, 0.05) is 62.6 Å². The lowest BCUT2D eigenvalue weighted by atomic mass is 10.00. The molecule has 96 heavy (non-hydrogen) atoms. The molecule has 0 spiro atoms. The first-order valence-corrected chi connectivity index (χ1v) is 31.9. The molecule has 0 bridgehead atoms. The van der Waals surface area contributed by atoms with E-state index in [1.165, 1.54) is 13.0 Å². The SMILES string of the molecule is Cc1c(-c2cccc(CCC(=O)NCCCCCCCC(=O)N[C@H](CCCNC[C@H](O)[C@@H](O)[C@H](O)[C@H](O)CO)C(=O)N[C@H](CCCC(=O)O)C(=O)N[C@@H](C=O)CCC(=O)NC[C@H](O)[C@@H](O)[C@H](O)[C@H](O)CO)c2)c(=O)n(C[C@@H](N)c2ccccc2)c(=O)n1Cc1c(F)cccc1F. The molecule has 3 aromatic carbocycles. The lowest BCUT2D eigenvalue weighted by Crippen LogP contribution is -2.55. The fourth-order valence-corrected chi connectivity index (χ4v) is 10.4. The van der Waals surface area contributed by atoms with Gasteiger partial charge in [-0.2, -0.15) is 0 Å². The second-order valence-corrected chi connectivity index (χ2v) is 23.5. The lowest BCUT2D eigenvalue weighted by Gasteiger charge is -2.26. The number of aliphatic hydroxyl groups excluding tert-OH is 10. The minimum absolute atomic E-state index is 0.0482. The summed E-state index contributed by atoms with van der Waals surface area (Å²) in [5, 5.41) is 123. The summed E-state index contributed by atoms with van der Waals surface area (Å²) >= 11 is 0. The van der Waals surface area contributed by atoms with Crippen molar-refractivity contribution in [1.29, 1.82) is 0 Å². The number of nitrogens with two attached hydrogens (primary N) is 1. The summed E-state index contributed by atoms with van der Waals surface area (Å²) < 4.78 is 32.1. The quantitative estimate of drug-likeness (QED) is 0.0160. The van der Waals surface area contributed by atoms with Crippen LogP contribution in [0.4, 0.5) is 8.78 Å². The molecular formula is C65H93F2N9O20. The topological polar surface area (TPSA) is 484 Å². The third-order valence-corrected chi connectivity index (χ3v) is 16.1. The van der Waals surface area contributed by atoms with E-state index in [4.69, 9.17) is 15.9 Å². The van der Waals surface area contributed by atoms with E-state index < -0.39 is 165 Å². The van der Waals surface area contributed by atoms with E-state index in [-0.39, 0.29) is 93.7 Å². The zero-order valence-corrected chi connectivity index (χ0v) is 53.5. The fourth-order valence-electron chi connectivity index (χ4n) is 10.4. The molecule has 4 rings (SSSR count). The number of carbonyl (C=O) groups excluding carboxylic acids is 6. The van der Waals surface area contributed by atoms with Gasteiger partial charge in [-0.05, 0) is 93.7 Å². The highest BCUT2D eigenvalue weighted by atomic mass is 19.1. The van der Waals surface area contributed by atoms with Crippen molar-refractivity contribution in [2.24, 2.45) is 5.73 Å². The summed E-state index contributed by atoms with van der Waals surface area (Å²) in [5.74, 6) is -6.39. The van der Waals surface area contributed by atoms with Crippen LogP contribution in [0.2, 0.25) is 0 Å². The van der Waals surface area contributed by atoms with Crippen LogP contribution in [-0.2, 0) is 53.1 Å². The normalized spacial score (nSPS) is 15.3. The molecule has 0 fully saturated rings. The maximum absolute atomic E-state index is 15.0. The number of nitrogens with zero attached hydrogens (tertiary/aromatic N) is 2. The number of hydrogen-bond donors (Lipinski definition) is 18. The minimum atomic E-state index is -1.97. The molecule has 1 aromatic heterocycles. The number of carboxylic acids is 1. The van der Waals surface area contributed by atoms with Crippen molar-refractivity contribution < 1.29 is 98.5 Å². The summed E-state index contributed by atoms with van der Waals surface area (Å²) in [6.45, 7) is -1.62. The highest BCUT2D eigenvalue weighted by Gasteiger charge is 2.33. The molecule has 0 radical (unpaired) electrons. The van der Waals surface area contributed by atoms with Crippen molar-refractivity contribution in [3.63, 3.8) is 0 Å². The number of amides is 5. The summed E-state index contributed by atoms with van der Waals surface area (Å²) in [6, 6.07) is 14.1. The molecule has 5 amide bonds. The molecule has 31 heteroatoms. The molecule has 0 saturated carbocycles. The van der Waals surface area contributed by atoms with E-state index in [0.29, 0.717) is 61.6 Å². The maximum atomic E-state index is 15.0. The van der Waals surface area contributed by atoms with Crippen LogP contribution >= 0.6 is 0 Å². The van der Waals surface area contributed by atoms with Gasteiger partial charge in [-0.25, -0.2) is 13.6 Å². The number of aldehydes is 1. The van der Waals surface area contributed by atoms with Crippen molar-refractivity contribution in [2.75, 3.05) is 39.4 Å². The molecule has 0 aliphatic carbocycles. The molecule has 19 N–H and O–H groups in total. The van der Waals surface area contributed by atoms with Gasteiger partial charge in [0.15, 0.2) is 0 Å². The smallest absolute Gasteiger partial charge is 0.331 e. The number of benzene rings is 3. The Morgan fingerprint density at radius 1 is 0.583 bits per heavy atom. The third kappa shape index (κ3) is 26.3. The van der Waals surface area contributed by atoms with Gasteiger partial charge in [0.1, 0.15) is 66.6 Å². The van der Waals surface area contributed by atoms with Crippen LogP contribution in [-0.4, -0.2) is 213 Å². The first-order chi connectivity index (χ1) is 45.7. The number of aliphatic carboxylic acids is 1. The number of unbranched alkanes of at least 4 members (excludes halogenated alkanes) is 4. The predicted molar refractivity (Wildman–Crippen MR) is 343 cm³/mol. The number of aryl methyl sites for hydroxylation is 1. The van der Waals surface area contributed by atoms with E-state index in [9.17, 15) is 97.9 Å². The van der Waals surface area contributed by atoms with Crippen LogP contribution < -0.4 is 48.9 Å². The number of aromatic nitrogens is 2. The molecule has 4 aromatic rings. The molecular weight excluding hydrogens is 1260 g/mol. The van der Waals surface area contributed by atoms with E-state index >= 15 is 0 Å². The summed E-state index contributed by atoms with van der Waals surface area (Å²) in [4.78, 5) is 119. The van der Waals surface area contributed by atoms with Crippen LogP contribution in [0.3, 0.4) is 0 Å². The Balaban J connectivity index is 1.33. The van der Waals surface area contributed by atoms with Crippen LogP contribution in [0, 0.1) is 18.6 Å². The summed E-state index contributed by atoms with van der Waals surface area (Å²) in [5.41, 5.74) is 6.68. The standard InChI is InChI=1S/C65H93F2N9O20/c1-38-57(64(95)76(34-46(68)40-15-6-5-7-16-40)65(96)75(38)33-43-44(66)18-11-19-45(43)67)41-17-10-14-39(30-41)24-26-53(84)70-29-9-4-2-3-8-22-55(86)73-47(21-13-28-69-31-49(80)58(89)60(91)51(82)36-78)63(94)74-48(20-12-23-56(87)88)62(93)72-42(35-77)25-27-54(85)71-32-50(81)59(90)61(92)52(83)37-79/h5-7,10-11,14-19,30,35,42,46-52,58-61,69,78-83,89-92H,2-4,8-9,12-13,20-29,31-34,36-37,68H2,1H3,(H,70,84)(H,71,85)(H,72,93)(H,73,86)(H,74,94)(H,87,88)/t42-,46-,47-,48-,49+,50+,51-,52-,58-,59-,60-,61-/m1/s1. The Labute approximate surface area is 552 Å². The average Bonchev–Trinajstić information content (AvgIpc) is 0.767. The first-order valence-electron chi connectivity index (χ1n) is 31.9. The Morgan fingerprint density at radius 3 is 1.79 bits per heavy atom. The monoisotopic (exact) mass is 1360 g/mol. The van der Waals surface area contributed by atoms with Crippen LogP contribution in [0.15, 0.2) is 82.4 Å². The number of aliphatic hydroxyl groups is 10. The molecule has 0 aliphatic heterocycles. The molecule has 29 nitrogen and oxygen atoms in total. The maximum Gasteiger partial charge on any atom is 0.331 e. The van der Waals surface area contributed by atoms with Crippen molar-refractivity contribution in [3.05, 3.63) is 128 Å². The Kier molecular flexibility index (Phi) is 35.3. The second-order valence-electron chi connectivity index (χ2n) is 23.5. The molecule has 0 saturated heterocycles. The summed E-state index contributed by atoms with van der Waals surface area (Å²) in [7, 11) is 0. The van der Waals surface area contributed by atoms with Gasteiger partial charge in [-0.1, -0.05) is 79.9 Å². The number of hydrogen-bond acceptors (Lipinski definition) is 21. The molecule has 0 aliphatic rings. The number of carbonyl (C=O) groups is 7. The number of rotatable bonds is 46. The molecule has 0 unspecified atom stereocenters. The minimum Gasteiger partial charge on any atom is -0.481 e. The van der Waals surface area contributed by atoms with Crippen molar-refractivity contribution >= 4 is 41.8 Å². The number of nitrogens with one attached hydrogen (secondary N) is 6. The van der Waals surface area contributed by atoms with Gasteiger partial charge < -0.3 is 98.6 Å².